The van der Waals surface area contributed by atoms with Crippen LogP contribution >= 0.6 is 0 Å². The third-order valence-corrected chi connectivity index (χ3v) is 2.51. The fourth-order valence-corrected chi connectivity index (χ4v) is 1.48. The monoisotopic (exact) mass is 274 g/mol. The highest BCUT2D eigenvalue weighted by molar-refractivity contribution is 5.97. The molecule has 1 aromatic carbocycles. The molecule has 1 rings (SSSR count). The average Bonchev–Trinajstić information content (AvgIpc) is 2.31. The highest BCUT2D eigenvalue weighted by Crippen LogP contribution is 2.14. The summed E-state index contributed by atoms with van der Waals surface area (Å²) in [6.45, 7) is 3.28. The van der Waals surface area contributed by atoms with Gasteiger partial charge in [-0.05, 0) is 18.1 Å². The Labute approximate surface area is 107 Å². The van der Waals surface area contributed by atoms with Crippen molar-refractivity contribution in [1.82, 2.24) is 5.32 Å². The molecule has 1 atom stereocenters. The Balaban J connectivity index is 2.98. The summed E-state index contributed by atoms with van der Waals surface area (Å²) < 4.78 is 38.7. The van der Waals surface area contributed by atoms with Crippen molar-refractivity contribution in [2.75, 3.05) is 0 Å². The normalized spacial score (nSPS) is 12.3. The van der Waals surface area contributed by atoms with Crippen molar-refractivity contribution in [3.8, 4) is 0 Å². The first-order valence-corrected chi connectivity index (χ1v) is 5.48. The first-order chi connectivity index (χ1) is 8.73. The van der Waals surface area contributed by atoms with E-state index in [1.807, 2.05) is 0 Å². The second-order valence-corrected chi connectivity index (χ2v) is 4.35. The zero-order chi connectivity index (χ0) is 14.7. The van der Waals surface area contributed by atoms with E-state index in [0.717, 1.165) is 0 Å². The number of amides is 2. The molecule has 0 fully saturated rings. The second-order valence-electron chi connectivity index (χ2n) is 4.35. The topological polar surface area (TPSA) is 72.2 Å². The van der Waals surface area contributed by atoms with Gasteiger partial charge >= 0.3 is 0 Å². The van der Waals surface area contributed by atoms with Crippen molar-refractivity contribution in [3.63, 3.8) is 0 Å². The van der Waals surface area contributed by atoms with Gasteiger partial charge in [0, 0.05) is 5.56 Å². The summed E-state index contributed by atoms with van der Waals surface area (Å²) in [7, 11) is 0. The third kappa shape index (κ3) is 3.46. The van der Waals surface area contributed by atoms with Gasteiger partial charge in [0.2, 0.25) is 5.91 Å². The molecule has 19 heavy (non-hydrogen) atoms. The van der Waals surface area contributed by atoms with E-state index in [0.29, 0.717) is 12.1 Å². The van der Waals surface area contributed by atoms with Crippen molar-refractivity contribution >= 4 is 11.8 Å². The van der Waals surface area contributed by atoms with Crippen LogP contribution in [0.25, 0.3) is 0 Å². The number of hydrogen-bond acceptors (Lipinski definition) is 2. The fraction of sp³-hybridized carbons (Fsp3) is 0.333. The number of carbonyl (C=O) groups excluding carboxylic acids is 2. The Bertz CT molecular complexity index is 495. The number of benzene rings is 1. The molecule has 7 heteroatoms. The number of primary amides is 1. The van der Waals surface area contributed by atoms with Crippen LogP contribution in [0.2, 0.25) is 0 Å². The molecule has 0 aliphatic carbocycles. The van der Waals surface area contributed by atoms with E-state index in [2.05, 4.69) is 5.32 Å². The largest absolute Gasteiger partial charge is 0.368 e. The molecule has 0 saturated heterocycles. The average molecular weight is 274 g/mol. The lowest BCUT2D eigenvalue weighted by molar-refractivity contribution is -0.120. The van der Waals surface area contributed by atoms with Crippen LogP contribution in [0.3, 0.4) is 0 Å². The highest BCUT2D eigenvalue weighted by Gasteiger charge is 2.23. The molecule has 104 valence electrons. The van der Waals surface area contributed by atoms with Crippen LogP contribution in [0, 0.1) is 23.4 Å². The van der Waals surface area contributed by atoms with Gasteiger partial charge in [0.15, 0.2) is 17.5 Å². The van der Waals surface area contributed by atoms with Gasteiger partial charge in [-0.25, -0.2) is 13.2 Å². The van der Waals surface area contributed by atoms with Gasteiger partial charge in [-0.3, -0.25) is 9.59 Å². The summed E-state index contributed by atoms with van der Waals surface area (Å²) in [5.74, 6) is -6.60. The lowest BCUT2D eigenvalue weighted by Crippen LogP contribution is -2.47. The van der Waals surface area contributed by atoms with Crippen molar-refractivity contribution in [2.24, 2.45) is 11.7 Å². The maximum absolute atomic E-state index is 13.0. The second kappa shape index (κ2) is 5.73. The predicted octanol–water partition coefficient (Wildman–Crippen LogP) is 1.34. The van der Waals surface area contributed by atoms with Gasteiger partial charge in [0.05, 0.1) is 0 Å². The quantitative estimate of drug-likeness (QED) is 0.813. The molecule has 0 aliphatic rings. The Morgan fingerprint density at radius 1 is 1.16 bits per heavy atom. The molecule has 1 aromatic rings. The lowest BCUT2D eigenvalue weighted by atomic mass is 10.0. The van der Waals surface area contributed by atoms with Gasteiger partial charge in [0.1, 0.15) is 6.04 Å². The summed E-state index contributed by atoms with van der Waals surface area (Å²) in [4.78, 5) is 22.8. The first kappa shape index (κ1) is 15.0. The predicted molar refractivity (Wildman–Crippen MR) is 61.6 cm³/mol. The van der Waals surface area contributed by atoms with E-state index >= 15 is 0 Å². The molecule has 0 aliphatic heterocycles. The van der Waals surface area contributed by atoms with Gasteiger partial charge in [-0.15, -0.1) is 0 Å². The maximum Gasteiger partial charge on any atom is 0.252 e. The Kier molecular flexibility index (Phi) is 4.52. The number of halogens is 3. The number of carbonyl (C=O) groups is 2. The van der Waals surface area contributed by atoms with Gasteiger partial charge in [-0.1, -0.05) is 13.8 Å². The smallest absolute Gasteiger partial charge is 0.252 e. The fourth-order valence-electron chi connectivity index (χ4n) is 1.48. The molecule has 4 nitrogen and oxygen atoms in total. The van der Waals surface area contributed by atoms with Gasteiger partial charge in [-0.2, -0.15) is 0 Å². The zero-order valence-electron chi connectivity index (χ0n) is 10.3. The van der Waals surface area contributed by atoms with E-state index < -0.39 is 40.9 Å². The zero-order valence-corrected chi connectivity index (χ0v) is 10.3. The van der Waals surface area contributed by atoms with Crippen LogP contribution < -0.4 is 11.1 Å². The Morgan fingerprint density at radius 3 is 2.00 bits per heavy atom. The van der Waals surface area contributed by atoms with Gasteiger partial charge in [0.25, 0.3) is 5.91 Å². The molecule has 2 amide bonds. The highest BCUT2D eigenvalue weighted by atomic mass is 19.2. The van der Waals surface area contributed by atoms with Crippen LogP contribution in [0.4, 0.5) is 13.2 Å². The molecule has 1 unspecified atom stereocenters. The molecule has 0 spiro atoms. The minimum Gasteiger partial charge on any atom is -0.368 e. The standard InChI is InChI=1S/C12H13F3N2O2/c1-5(2)10(11(16)18)17-12(19)6-3-7(13)9(15)8(14)4-6/h3-5,10H,1-2H3,(H2,16,18)(H,17,19). The van der Waals surface area contributed by atoms with E-state index in [1.165, 1.54) is 0 Å². The van der Waals surface area contributed by atoms with Crippen molar-refractivity contribution < 1.29 is 22.8 Å². The number of hydrogen-bond donors (Lipinski definition) is 2. The summed E-state index contributed by atoms with van der Waals surface area (Å²) >= 11 is 0. The molecular weight excluding hydrogens is 261 g/mol. The Hall–Kier alpha value is -2.05. The van der Waals surface area contributed by atoms with Crippen LogP contribution in [-0.2, 0) is 4.79 Å². The van der Waals surface area contributed by atoms with Crippen molar-refractivity contribution in [2.45, 2.75) is 19.9 Å². The Morgan fingerprint density at radius 2 is 1.63 bits per heavy atom. The van der Waals surface area contributed by atoms with Crippen molar-refractivity contribution in [1.29, 1.82) is 0 Å². The minimum absolute atomic E-state index is 0.295. The number of nitrogens with two attached hydrogens (primary N) is 1. The van der Waals surface area contributed by atoms with E-state index in [4.69, 9.17) is 5.73 Å². The molecule has 0 saturated carbocycles. The lowest BCUT2D eigenvalue weighted by Gasteiger charge is -2.18. The molecule has 3 N–H and O–H groups in total. The molecule has 0 radical (unpaired) electrons. The van der Waals surface area contributed by atoms with E-state index in [-0.39, 0.29) is 5.92 Å². The first-order valence-electron chi connectivity index (χ1n) is 5.48. The summed E-state index contributed by atoms with van der Waals surface area (Å²) in [5, 5.41) is 2.24. The van der Waals surface area contributed by atoms with Crippen LogP contribution in [0.1, 0.15) is 24.2 Å². The number of rotatable bonds is 4. The third-order valence-electron chi connectivity index (χ3n) is 2.51. The van der Waals surface area contributed by atoms with Crippen LogP contribution in [0.5, 0.6) is 0 Å². The number of nitrogens with one attached hydrogen (secondary N) is 1. The molecule has 0 heterocycles. The summed E-state index contributed by atoms with van der Waals surface area (Å²) in [5.41, 5.74) is 4.66. The summed E-state index contributed by atoms with van der Waals surface area (Å²) in [6.07, 6.45) is 0. The SMILES string of the molecule is CC(C)C(NC(=O)c1cc(F)c(F)c(F)c1)C(N)=O. The summed E-state index contributed by atoms with van der Waals surface area (Å²) in [6, 6.07) is 0.113. The minimum atomic E-state index is -1.66. The molecule has 0 aromatic heterocycles. The van der Waals surface area contributed by atoms with E-state index in [9.17, 15) is 22.8 Å². The van der Waals surface area contributed by atoms with E-state index in [1.54, 1.807) is 13.8 Å². The molecule has 0 bridgehead atoms. The van der Waals surface area contributed by atoms with Gasteiger partial charge < -0.3 is 11.1 Å². The van der Waals surface area contributed by atoms with Crippen LogP contribution in [-0.4, -0.2) is 17.9 Å². The van der Waals surface area contributed by atoms with Crippen LogP contribution in [0.15, 0.2) is 12.1 Å². The maximum atomic E-state index is 13.0. The molecular formula is C12H13F3N2O2. The van der Waals surface area contributed by atoms with Crippen molar-refractivity contribution in [3.05, 3.63) is 35.1 Å².